The largest absolute Gasteiger partial charge is 0.465 e. The lowest BCUT2D eigenvalue weighted by Crippen LogP contribution is -2.00. The third kappa shape index (κ3) is 2.37. The van der Waals surface area contributed by atoms with Crippen LogP contribution < -0.4 is 5.32 Å². The maximum Gasteiger partial charge on any atom is 0.123 e. The molecule has 0 saturated carbocycles. The molecule has 0 atom stereocenters. The maximum atomic E-state index is 6.36. The van der Waals surface area contributed by atoms with Crippen molar-refractivity contribution < 1.29 is 4.42 Å². The summed E-state index contributed by atoms with van der Waals surface area (Å²) < 4.78 is 5.56. The van der Waals surface area contributed by atoms with Crippen LogP contribution in [0, 0.1) is 13.8 Å². The van der Waals surface area contributed by atoms with E-state index in [1.165, 1.54) is 0 Å². The molecule has 1 N–H and O–H groups in total. The lowest BCUT2D eigenvalue weighted by Gasteiger charge is -2.12. The van der Waals surface area contributed by atoms with Crippen LogP contribution in [0.15, 0.2) is 40.9 Å². The first-order valence-corrected chi connectivity index (χ1v) is 6.86. The van der Waals surface area contributed by atoms with Gasteiger partial charge in [-0.2, -0.15) is 0 Å². The van der Waals surface area contributed by atoms with E-state index < -0.39 is 0 Å². The van der Waals surface area contributed by atoms with E-state index >= 15 is 0 Å². The maximum absolute atomic E-state index is 6.36. The fourth-order valence-corrected chi connectivity index (χ4v) is 2.65. The van der Waals surface area contributed by atoms with Crippen molar-refractivity contribution in [2.75, 3.05) is 5.32 Å². The Labute approximate surface area is 122 Å². The molecule has 20 heavy (non-hydrogen) atoms. The molecule has 0 aliphatic rings. The first-order chi connectivity index (χ1) is 9.65. The van der Waals surface area contributed by atoms with Gasteiger partial charge in [0.15, 0.2) is 0 Å². The minimum atomic E-state index is 0.598. The van der Waals surface area contributed by atoms with Crippen molar-refractivity contribution in [3.05, 3.63) is 58.6 Å². The van der Waals surface area contributed by atoms with Crippen LogP contribution in [0.3, 0.4) is 0 Å². The molecule has 3 nitrogen and oxygen atoms in total. The first-order valence-electron chi connectivity index (χ1n) is 6.48. The minimum Gasteiger partial charge on any atom is -0.465 e. The van der Waals surface area contributed by atoms with Crippen molar-refractivity contribution >= 4 is 28.2 Å². The van der Waals surface area contributed by atoms with Gasteiger partial charge in [0.2, 0.25) is 0 Å². The Morgan fingerprint density at radius 1 is 1.25 bits per heavy atom. The Balaban J connectivity index is 1.98. The van der Waals surface area contributed by atoms with Crippen LogP contribution in [-0.4, -0.2) is 4.98 Å². The fourth-order valence-electron chi connectivity index (χ4n) is 2.32. The summed E-state index contributed by atoms with van der Waals surface area (Å²) in [6, 6.07) is 9.79. The van der Waals surface area contributed by atoms with E-state index in [0.29, 0.717) is 11.6 Å². The van der Waals surface area contributed by atoms with E-state index in [4.69, 9.17) is 16.0 Å². The lowest BCUT2D eigenvalue weighted by atomic mass is 10.1. The van der Waals surface area contributed by atoms with Crippen molar-refractivity contribution in [3.63, 3.8) is 0 Å². The Hall–Kier alpha value is -2.00. The molecule has 3 rings (SSSR count). The highest BCUT2D eigenvalue weighted by molar-refractivity contribution is 6.35. The number of aromatic nitrogens is 1. The van der Waals surface area contributed by atoms with Crippen LogP contribution in [0.2, 0.25) is 5.02 Å². The second kappa shape index (κ2) is 5.17. The monoisotopic (exact) mass is 286 g/mol. The predicted molar refractivity (Wildman–Crippen MR) is 82.3 cm³/mol. The first kappa shape index (κ1) is 13.0. The molecule has 0 spiro atoms. The van der Waals surface area contributed by atoms with Gasteiger partial charge in [0, 0.05) is 11.6 Å². The van der Waals surface area contributed by atoms with Crippen LogP contribution in [0.5, 0.6) is 0 Å². The SMILES string of the molecule is Cc1ccc(CNc2c(Cl)cc(C)c3ncccc23)o1. The summed E-state index contributed by atoms with van der Waals surface area (Å²) in [5.74, 6) is 1.79. The number of fused-ring (bicyclic) bond motifs is 1. The minimum absolute atomic E-state index is 0.598. The van der Waals surface area contributed by atoms with E-state index in [1.54, 1.807) is 6.20 Å². The number of benzene rings is 1. The van der Waals surface area contributed by atoms with Crippen LogP contribution >= 0.6 is 11.6 Å². The molecule has 2 aromatic heterocycles. The van der Waals surface area contributed by atoms with Crippen LogP contribution in [0.25, 0.3) is 10.9 Å². The molecule has 0 aliphatic heterocycles. The highest BCUT2D eigenvalue weighted by Crippen LogP contribution is 2.33. The second-order valence-corrected chi connectivity index (χ2v) is 5.22. The van der Waals surface area contributed by atoms with E-state index in [0.717, 1.165) is 33.7 Å². The summed E-state index contributed by atoms with van der Waals surface area (Å²) in [4.78, 5) is 4.42. The Bertz CT molecular complexity index is 764. The van der Waals surface area contributed by atoms with Gasteiger partial charge in [0.05, 0.1) is 22.8 Å². The molecule has 0 bridgehead atoms. The van der Waals surface area contributed by atoms with Gasteiger partial charge in [-0.3, -0.25) is 4.98 Å². The van der Waals surface area contributed by atoms with Gasteiger partial charge in [-0.1, -0.05) is 11.6 Å². The molecular weight excluding hydrogens is 272 g/mol. The summed E-state index contributed by atoms with van der Waals surface area (Å²) >= 11 is 6.36. The van der Waals surface area contributed by atoms with Gasteiger partial charge in [-0.15, -0.1) is 0 Å². The number of aryl methyl sites for hydroxylation is 2. The molecule has 0 saturated heterocycles. The molecule has 3 aromatic rings. The van der Waals surface area contributed by atoms with Gasteiger partial charge >= 0.3 is 0 Å². The smallest absolute Gasteiger partial charge is 0.123 e. The number of anilines is 1. The van der Waals surface area contributed by atoms with E-state index in [2.05, 4.69) is 10.3 Å². The zero-order valence-corrected chi connectivity index (χ0v) is 12.2. The number of rotatable bonds is 3. The van der Waals surface area contributed by atoms with Crippen LogP contribution in [0.1, 0.15) is 17.1 Å². The summed E-state index contributed by atoms with van der Waals surface area (Å²) in [7, 11) is 0. The van der Waals surface area contributed by atoms with Crippen molar-refractivity contribution in [1.29, 1.82) is 0 Å². The zero-order valence-electron chi connectivity index (χ0n) is 11.4. The Kier molecular flexibility index (Phi) is 3.36. The average molecular weight is 287 g/mol. The highest BCUT2D eigenvalue weighted by Gasteiger charge is 2.10. The van der Waals surface area contributed by atoms with Crippen molar-refractivity contribution in [1.82, 2.24) is 4.98 Å². The molecule has 1 aromatic carbocycles. The van der Waals surface area contributed by atoms with E-state index in [-0.39, 0.29) is 0 Å². The van der Waals surface area contributed by atoms with Gasteiger partial charge in [-0.25, -0.2) is 0 Å². The quantitative estimate of drug-likeness (QED) is 0.758. The van der Waals surface area contributed by atoms with E-state index in [1.807, 2.05) is 44.2 Å². The molecule has 2 heterocycles. The molecule has 4 heteroatoms. The summed E-state index contributed by atoms with van der Waals surface area (Å²) in [6.45, 7) is 4.54. The number of halogens is 1. The molecule has 0 unspecified atom stereocenters. The molecule has 0 fully saturated rings. The molecule has 0 aliphatic carbocycles. The number of pyridine rings is 1. The third-order valence-corrected chi connectivity index (χ3v) is 3.57. The number of hydrogen-bond acceptors (Lipinski definition) is 3. The number of nitrogens with zero attached hydrogens (tertiary/aromatic N) is 1. The molecule has 0 radical (unpaired) electrons. The molecule has 102 valence electrons. The standard InChI is InChI=1S/C16H15ClN2O/c1-10-8-14(17)16(13-4-3-7-18-15(10)13)19-9-12-6-5-11(2)20-12/h3-8,19H,9H2,1-2H3. The van der Waals surface area contributed by atoms with Crippen molar-refractivity contribution in [2.45, 2.75) is 20.4 Å². The summed E-state index contributed by atoms with van der Waals surface area (Å²) in [5.41, 5.74) is 2.94. The topological polar surface area (TPSA) is 38.1 Å². The lowest BCUT2D eigenvalue weighted by molar-refractivity contribution is 0.490. The third-order valence-electron chi connectivity index (χ3n) is 3.27. The van der Waals surface area contributed by atoms with Crippen molar-refractivity contribution in [3.8, 4) is 0 Å². The summed E-state index contributed by atoms with van der Waals surface area (Å²) in [5, 5.41) is 5.08. The number of nitrogens with one attached hydrogen (secondary N) is 1. The highest BCUT2D eigenvalue weighted by atomic mass is 35.5. The number of furan rings is 1. The fraction of sp³-hybridized carbons (Fsp3) is 0.188. The summed E-state index contributed by atoms with van der Waals surface area (Å²) in [6.07, 6.45) is 1.79. The zero-order chi connectivity index (χ0) is 14.1. The Morgan fingerprint density at radius 2 is 2.10 bits per heavy atom. The molecular formula is C16H15ClN2O. The van der Waals surface area contributed by atoms with E-state index in [9.17, 15) is 0 Å². The normalized spacial score (nSPS) is 10.9. The van der Waals surface area contributed by atoms with Gasteiger partial charge in [0.1, 0.15) is 11.5 Å². The van der Waals surface area contributed by atoms with Crippen LogP contribution in [-0.2, 0) is 6.54 Å². The van der Waals surface area contributed by atoms with Crippen molar-refractivity contribution in [2.24, 2.45) is 0 Å². The van der Waals surface area contributed by atoms with Crippen LogP contribution in [0.4, 0.5) is 5.69 Å². The Morgan fingerprint density at radius 3 is 2.85 bits per heavy atom. The molecule has 0 amide bonds. The second-order valence-electron chi connectivity index (χ2n) is 4.82. The average Bonchev–Trinajstić information content (AvgIpc) is 2.84. The predicted octanol–water partition coefficient (Wildman–Crippen LogP) is 4.71. The van der Waals surface area contributed by atoms with Gasteiger partial charge in [-0.05, 0) is 49.7 Å². The van der Waals surface area contributed by atoms with Gasteiger partial charge in [0.25, 0.3) is 0 Å². The number of hydrogen-bond donors (Lipinski definition) is 1. The van der Waals surface area contributed by atoms with Gasteiger partial charge < -0.3 is 9.73 Å².